The number of rotatable bonds is 8. The summed E-state index contributed by atoms with van der Waals surface area (Å²) in [5.41, 5.74) is 6.94. The van der Waals surface area contributed by atoms with Crippen molar-refractivity contribution in [1.82, 2.24) is 14.9 Å². The first-order valence-corrected chi connectivity index (χ1v) is 10.9. The number of hydrogen-bond acceptors (Lipinski definition) is 2. The van der Waals surface area contributed by atoms with E-state index in [1.54, 1.807) is 0 Å². The maximum absolute atomic E-state index is 12.3. The predicted molar refractivity (Wildman–Crippen MR) is 126 cm³/mol. The number of amides is 1. The molecule has 0 atom stereocenters. The highest BCUT2D eigenvalue weighted by Crippen LogP contribution is 2.19. The quantitative estimate of drug-likeness (QED) is 0.415. The van der Waals surface area contributed by atoms with Crippen LogP contribution in [0.1, 0.15) is 34.5 Å². The SMILES string of the molecule is Cc1ccc(Cn2c(CCCNC(=O)Cc3ccccc3C)nc3ccccc32)cc1. The van der Waals surface area contributed by atoms with E-state index in [0.717, 1.165) is 47.4 Å². The van der Waals surface area contributed by atoms with Crippen LogP contribution in [0.2, 0.25) is 0 Å². The summed E-state index contributed by atoms with van der Waals surface area (Å²) in [4.78, 5) is 17.2. The van der Waals surface area contributed by atoms with E-state index < -0.39 is 0 Å². The number of imidazole rings is 1. The molecule has 0 saturated carbocycles. The number of nitrogens with zero attached hydrogens (tertiary/aromatic N) is 2. The van der Waals surface area contributed by atoms with Gasteiger partial charge in [-0.1, -0.05) is 66.2 Å². The molecular weight excluding hydrogens is 382 g/mol. The molecule has 4 aromatic rings. The largest absolute Gasteiger partial charge is 0.356 e. The van der Waals surface area contributed by atoms with Crippen LogP contribution in [0.3, 0.4) is 0 Å². The van der Waals surface area contributed by atoms with Crippen LogP contribution in [0.25, 0.3) is 11.0 Å². The zero-order chi connectivity index (χ0) is 21.6. The van der Waals surface area contributed by atoms with Crippen molar-refractivity contribution in [3.8, 4) is 0 Å². The lowest BCUT2D eigenvalue weighted by atomic mass is 10.1. The van der Waals surface area contributed by atoms with E-state index in [1.807, 2.05) is 37.3 Å². The fraction of sp³-hybridized carbons (Fsp3) is 0.259. The summed E-state index contributed by atoms with van der Waals surface area (Å²) in [5, 5.41) is 3.06. The average Bonchev–Trinajstić information content (AvgIpc) is 3.12. The summed E-state index contributed by atoms with van der Waals surface area (Å²) < 4.78 is 2.30. The van der Waals surface area contributed by atoms with Gasteiger partial charge in [0.1, 0.15) is 5.82 Å². The second-order valence-electron chi connectivity index (χ2n) is 8.15. The number of aryl methyl sites for hydroxylation is 3. The summed E-state index contributed by atoms with van der Waals surface area (Å²) in [6.45, 7) is 5.60. The van der Waals surface area contributed by atoms with Gasteiger partial charge in [0.15, 0.2) is 0 Å². The highest BCUT2D eigenvalue weighted by Gasteiger charge is 2.11. The number of hydrogen-bond donors (Lipinski definition) is 1. The molecule has 31 heavy (non-hydrogen) atoms. The Morgan fingerprint density at radius 3 is 2.48 bits per heavy atom. The lowest BCUT2D eigenvalue weighted by molar-refractivity contribution is -0.120. The van der Waals surface area contributed by atoms with Gasteiger partial charge in [0.2, 0.25) is 5.91 Å². The predicted octanol–water partition coefficient (Wildman–Crippen LogP) is 4.99. The van der Waals surface area contributed by atoms with Crippen molar-refractivity contribution in [3.63, 3.8) is 0 Å². The summed E-state index contributed by atoms with van der Waals surface area (Å²) in [6.07, 6.45) is 2.11. The van der Waals surface area contributed by atoms with Crippen molar-refractivity contribution in [2.45, 2.75) is 39.7 Å². The van der Waals surface area contributed by atoms with Gasteiger partial charge in [0.05, 0.1) is 17.5 Å². The van der Waals surface area contributed by atoms with Crippen molar-refractivity contribution in [1.29, 1.82) is 0 Å². The highest BCUT2D eigenvalue weighted by atomic mass is 16.1. The number of carbonyl (C=O) groups excluding carboxylic acids is 1. The fourth-order valence-electron chi connectivity index (χ4n) is 3.89. The molecule has 0 radical (unpaired) electrons. The van der Waals surface area contributed by atoms with Gasteiger partial charge in [0, 0.05) is 19.5 Å². The number of aromatic nitrogens is 2. The molecule has 0 aliphatic rings. The van der Waals surface area contributed by atoms with Gasteiger partial charge in [-0.2, -0.15) is 0 Å². The Balaban J connectivity index is 1.39. The monoisotopic (exact) mass is 411 g/mol. The number of benzene rings is 3. The van der Waals surface area contributed by atoms with Gasteiger partial charge in [-0.3, -0.25) is 4.79 Å². The number of carbonyl (C=O) groups is 1. The van der Waals surface area contributed by atoms with Crippen LogP contribution in [0.5, 0.6) is 0 Å². The van der Waals surface area contributed by atoms with E-state index in [1.165, 1.54) is 11.1 Å². The summed E-state index contributed by atoms with van der Waals surface area (Å²) in [7, 11) is 0. The van der Waals surface area contributed by atoms with Gasteiger partial charge in [-0.05, 0) is 49.1 Å². The molecule has 1 amide bonds. The number of fused-ring (bicyclic) bond motifs is 1. The van der Waals surface area contributed by atoms with Crippen molar-refractivity contribution < 1.29 is 4.79 Å². The molecule has 158 valence electrons. The van der Waals surface area contributed by atoms with Crippen LogP contribution >= 0.6 is 0 Å². The van der Waals surface area contributed by atoms with Crippen molar-refractivity contribution in [3.05, 3.63) is 101 Å². The summed E-state index contributed by atoms with van der Waals surface area (Å²) in [5.74, 6) is 1.14. The maximum atomic E-state index is 12.3. The minimum absolute atomic E-state index is 0.0717. The van der Waals surface area contributed by atoms with Crippen LogP contribution in [-0.4, -0.2) is 22.0 Å². The van der Waals surface area contributed by atoms with E-state index in [9.17, 15) is 4.79 Å². The summed E-state index contributed by atoms with van der Waals surface area (Å²) in [6, 6.07) is 25.0. The molecular formula is C27H29N3O. The molecule has 4 heteroatoms. The Kier molecular flexibility index (Phi) is 6.46. The third kappa shape index (κ3) is 5.21. The maximum Gasteiger partial charge on any atom is 0.224 e. The molecule has 0 saturated heterocycles. The average molecular weight is 412 g/mol. The molecule has 0 aliphatic carbocycles. The third-order valence-electron chi connectivity index (χ3n) is 5.71. The molecule has 1 heterocycles. The fourth-order valence-corrected chi connectivity index (χ4v) is 3.89. The number of nitrogens with one attached hydrogen (secondary N) is 1. The van der Waals surface area contributed by atoms with Crippen molar-refractivity contribution in [2.24, 2.45) is 0 Å². The zero-order valence-corrected chi connectivity index (χ0v) is 18.3. The molecule has 0 spiro atoms. The van der Waals surface area contributed by atoms with Gasteiger partial charge >= 0.3 is 0 Å². The molecule has 0 bridgehead atoms. The number of para-hydroxylation sites is 2. The van der Waals surface area contributed by atoms with E-state index in [-0.39, 0.29) is 5.91 Å². The lowest BCUT2D eigenvalue weighted by Crippen LogP contribution is -2.26. The first kappa shape index (κ1) is 20.9. The molecule has 4 nitrogen and oxygen atoms in total. The van der Waals surface area contributed by atoms with E-state index >= 15 is 0 Å². The van der Waals surface area contributed by atoms with Crippen molar-refractivity contribution in [2.75, 3.05) is 6.54 Å². The van der Waals surface area contributed by atoms with Crippen LogP contribution < -0.4 is 5.32 Å². The second-order valence-corrected chi connectivity index (χ2v) is 8.15. The second kappa shape index (κ2) is 9.61. The minimum Gasteiger partial charge on any atom is -0.356 e. The molecule has 1 N–H and O–H groups in total. The van der Waals surface area contributed by atoms with E-state index in [4.69, 9.17) is 4.98 Å². The molecule has 0 aliphatic heterocycles. The third-order valence-corrected chi connectivity index (χ3v) is 5.71. The van der Waals surface area contributed by atoms with E-state index in [0.29, 0.717) is 13.0 Å². The summed E-state index contributed by atoms with van der Waals surface area (Å²) >= 11 is 0. The minimum atomic E-state index is 0.0717. The van der Waals surface area contributed by atoms with Crippen molar-refractivity contribution >= 4 is 16.9 Å². The smallest absolute Gasteiger partial charge is 0.224 e. The zero-order valence-electron chi connectivity index (χ0n) is 18.3. The van der Waals surface area contributed by atoms with Gasteiger partial charge in [-0.25, -0.2) is 4.98 Å². The van der Waals surface area contributed by atoms with Crippen LogP contribution in [-0.2, 0) is 24.2 Å². The highest BCUT2D eigenvalue weighted by molar-refractivity contribution is 5.79. The Bertz CT molecular complexity index is 1170. The molecule has 1 aromatic heterocycles. The molecule has 3 aromatic carbocycles. The first-order chi connectivity index (χ1) is 15.1. The van der Waals surface area contributed by atoms with E-state index in [2.05, 4.69) is 59.3 Å². The van der Waals surface area contributed by atoms with Crippen LogP contribution in [0.15, 0.2) is 72.8 Å². The Labute approximate surface area is 183 Å². The van der Waals surface area contributed by atoms with Gasteiger partial charge < -0.3 is 9.88 Å². The van der Waals surface area contributed by atoms with Crippen LogP contribution in [0, 0.1) is 13.8 Å². The molecule has 0 fully saturated rings. The Hall–Kier alpha value is -3.40. The lowest BCUT2D eigenvalue weighted by Gasteiger charge is -2.11. The van der Waals surface area contributed by atoms with Gasteiger partial charge in [-0.15, -0.1) is 0 Å². The Morgan fingerprint density at radius 2 is 1.68 bits per heavy atom. The Morgan fingerprint density at radius 1 is 0.935 bits per heavy atom. The normalized spacial score (nSPS) is 11.0. The topological polar surface area (TPSA) is 46.9 Å². The van der Waals surface area contributed by atoms with Gasteiger partial charge in [0.25, 0.3) is 0 Å². The van der Waals surface area contributed by atoms with Crippen LogP contribution in [0.4, 0.5) is 0 Å². The molecule has 4 rings (SSSR count). The first-order valence-electron chi connectivity index (χ1n) is 10.9. The standard InChI is InChI=1S/C27H29N3O/c1-20-13-15-22(16-14-20)19-30-25-11-6-5-10-24(25)29-26(30)12-7-17-28-27(31)18-23-9-4-3-8-21(23)2/h3-6,8-11,13-16H,7,12,17-19H2,1-2H3,(H,28,31). The molecule has 0 unspecified atom stereocenters.